The molecule has 0 atom stereocenters. The molecule has 1 rings (SSSR count). The number of allylic oxidation sites excluding steroid dienone is 1. The first-order valence-electron chi connectivity index (χ1n) is 3.89. The number of aliphatic hydroxyl groups excluding tert-OH is 1. The van der Waals surface area contributed by atoms with Gasteiger partial charge in [0.25, 0.3) is 0 Å². The lowest BCUT2D eigenvalue weighted by Gasteiger charge is -1.98. The van der Waals surface area contributed by atoms with Gasteiger partial charge in [-0.3, -0.25) is 0 Å². The zero-order valence-corrected chi connectivity index (χ0v) is 7.67. The Morgan fingerprint density at radius 1 is 1.42 bits per heavy atom. The number of benzene rings is 1. The van der Waals surface area contributed by atoms with Crippen LogP contribution in [0.3, 0.4) is 0 Å². The lowest BCUT2D eigenvalue weighted by atomic mass is 10.2. The molecule has 1 nitrogen and oxygen atoms in total. The molecular weight excluding hydrogens is 172 g/mol. The Kier molecular flexibility index (Phi) is 3.18. The van der Waals surface area contributed by atoms with Crippen LogP contribution in [0.25, 0.3) is 5.76 Å². The highest BCUT2D eigenvalue weighted by Crippen LogP contribution is 2.15. The van der Waals surface area contributed by atoms with Crippen LogP contribution in [-0.2, 0) is 0 Å². The third kappa shape index (κ3) is 2.28. The lowest BCUT2D eigenvalue weighted by Crippen LogP contribution is -1.81. The fourth-order valence-electron chi connectivity index (χ4n) is 0.932. The molecule has 0 spiro atoms. The van der Waals surface area contributed by atoms with E-state index in [-0.39, 0.29) is 0 Å². The van der Waals surface area contributed by atoms with Crippen molar-refractivity contribution in [3.63, 3.8) is 0 Å². The fraction of sp³-hybridized carbons (Fsp3) is 0.200. The minimum atomic E-state index is 0.314. The van der Waals surface area contributed by atoms with Crippen LogP contribution >= 0.6 is 11.6 Å². The van der Waals surface area contributed by atoms with E-state index in [1.807, 2.05) is 6.92 Å². The number of rotatable bonds is 2. The second-order valence-electron chi connectivity index (χ2n) is 2.50. The Labute approximate surface area is 77.3 Å². The smallest absolute Gasteiger partial charge is 0.118 e. The van der Waals surface area contributed by atoms with Crippen molar-refractivity contribution < 1.29 is 5.11 Å². The molecule has 2 heteroatoms. The van der Waals surface area contributed by atoms with Crippen LogP contribution in [0.2, 0.25) is 5.02 Å². The van der Waals surface area contributed by atoms with Crippen molar-refractivity contribution >= 4 is 17.4 Å². The van der Waals surface area contributed by atoms with Crippen LogP contribution in [0, 0.1) is 0 Å². The third-order valence-electron chi connectivity index (χ3n) is 1.54. The van der Waals surface area contributed by atoms with Crippen molar-refractivity contribution in [2.75, 3.05) is 0 Å². The molecule has 0 radical (unpaired) electrons. The summed E-state index contributed by atoms with van der Waals surface area (Å²) >= 11 is 5.69. The molecule has 0 aliphatic carbocycles. The maximum atomic E-state index is 9.43. The molecule has 0 aliphatic rings. The lowest BCUT2D eigenvalue weighted by molar-refractivity contribution is 0.509. The summed E-state index contributed by atoms with van der Waals surface area (Å²) in [7, 11) is 0. The van der Waals surface area contributed by atoms with Crippen molar-refractivity contribution in [2.45, 2.75) is 13.3 Å². The van der Waals surface area contributed by atoms with Crippen LogP contribution in [0.5, 0.6) is 0 Å². The Morgan fingerprint density at radius 2 is 2.00 bits per heavy atom. The molecule has 1 aromatic rings. The monoisotopic (exact) mass is 182 g/mol. The molecule has 0 heterocycles. The first kappa shape index (κ1) is 9.14. The van der Waals surface area contributed by atoms with Gasteiger partial charge in [0.05, 0.1) is 0 Å². The van der Waals surface area contributed by atoms with Crippen LogP contribution < -0.4 is 0 Å². The number of hydrogen-bond acceptors (Lipinski definition) is 1. The molecule has 1 N–H and O–H groups in total. The molecule has 0 saturated carbocycles. The van der Waals surface area contributed by atoms with E-state index < -0.39 is 0 Å². The zero-order chi connectivity index (χ0) is 8.97. The Morgan fingerprint density at radius 3 is 2.50 bits per heavy atom. The summed E-state index contributed by atoms with van der Waals surface area (Å²) in [4.78, 5) is 0. The SMILES string of the molecule is CCC=C(O)c1ccc(Cl)cc1. The van der Waals surface area contributed by atoms with Crippen molar-refractivity contribution in [3.8, 4) is 0 Å². The first-order chi connectivity index (χ1) is 5.74. The second-order valence-corrected chi connectivity index (χ2v) is 2.94. The molecule has 12 heavy (non-hydrogen) atoms. The van der Waals surface area contributed by atoms with Gasteiger partial charge in [0.2, 0.25) is 0 Å². The maximum absolute atomic E-state index is 9.43. The van der Waals surface area contributed by atoms with Crippen LogP contribution in [0.15, 0.2) is 30.3 Å². The van der Waals surface area contributed by atoms with Gasteiger partial charge in [-0.25, -0.2) is 0 Å². The summed E-state index contributed by atoms with van der Waals surface area (Å²) < 4.78 is 0. The van der Waals surface area contributed by atoms with Gasteiger partial charge >= 0.3 is 0 Å². The molecule has 0 aliphatic heterocycles. The highest BCUT2D eigenvalue weighted by atomic mass is 35.5. The Bertz CT molecular complexity index is 274. The summed E-state index contributed by atoms with van der Waals surface area (Å²) in [5.41, 5.74) is 0.807. The summed E-state index contributed by atoms with van der Waals surface area (Å²) in [5, 5.41) is 10.1. The molecule has 0 saturated heterocycles. The van der Waals surface area contributed by atoms with E-state index in [0.29, 0.717) is 10.8 Å². The van der Waals surface area contributed by atoms with Crippen LogP contribution in [0.4, 0.5) is 0 Å². The minimum absolute atomic E-state index is 0.314. The summed E-state index contributed by atoms with van der Waals surface area (Å²) in [6.45, 7) is 1.98. The van der Waals surface area contributed by atoms with E-state index in [2.05, 4.69) is 0 Å². The van der Waals surface area contributed by atoms with Gasteiger partial charge in [-0.1, -0.05) is 18.5 Å². The predicted molar refractivity (Wildman–Crippen MR) is 52.3 cm³/mol. The second kappa shape index (κ2) is 4.17. The van der Waals surface area contributed by atoms with Crippen molar-refractivity contribution in [3.05, 3.63) is 40.9 Å². The normalized spacial score (nSPS) is 11.7. The standard InChI is InChI=1S/C10H11ClO/c1-2-3-10(12)8-4-6-9(11)7-5-8/h3-7,12H,2H2,1H3. The Hall–Kier alpha value is -0.950. The molecule has 0 fully saturated rings. The average Bonchev–Trinajstić information content (AvgIpc) is 2.06. The highest BCUT2D eigenvalue weighted by molar-refractivity contribution is 6.30. The molecular formula is C10H11ClO. The van der Waals surface area contributed by atoms with Gasteiger partial charge < -0.3 is 5.11 Å². The van der Waals surface area contributed by atoms with Crippen molar-refractivity contribution in [1.82, 2.24) is 0 Å². The number of hydrogen-bond donors (Lipinski definition) is 1. The molecule has 0 amide bonds. The van der Waals surface area contributed by atoms with Gasteiger partial charge in [0, 0.05) is 10.6 Å². The maximum Gasteiger partial charge on any atom is 0.118 e. The van der Waals surface area contributed by atoms with Crippen LogP contribution in [-0.4, -0.2) is 5.11 Å². The van der Waals surface area contributed by atoms with Gasteiger partial charge in [-0.15, -0.1) is 0 Å². The molecule has 0 aromatic heterocycles. The molecule has 0 unspecified atom stereocenters. The van der Waals surface area contributed by atoms with Gasteiger partial charge in [0.15, 0.2) is 0 Å². The Balaban J connectivity index is 2.89. The van der Waals surface area contributed by atoms with Gasteiger partial charge in [-0.05, 0) is 36.8 Å². The summed E-state index contributed by atoms with van der Waals surface area (Å²) in [5.74, 6) is 0.314. The van der Waals surface area contributed by atoms with Crippen LogP contribution in [0.1, 0.15) is 18.9 Å². The topological polar surface area (TPSA) is 20.2 Å². The van der Waals surface area contributed by atoms with E-state index in [4.69, 9.17) is 11.6 Å². The third-order valence-corrected chi connectivity index (χ3v) is 1.79. The summed E-state index contributed by atoms with van der Waals surface area (Å²) in [6.07, 6.45) is 2.59. The zero-order valence-electron chi connectivity index (χ0n) is 6.92. The largest absolute Gasteiger partial charge is 0.508 e. The van der Waals surface area contributed by atoms with E-state index in [9.17, 15) is 5.11 Å². The summed E-state index contributed by atoms with van der Waals surface area (Å²) in [6, 6.07) is 7.11. The average molecular weight is 183 g/mol. The minimum Gasteiger partial charge on any atom is -0.508 e. The number of aliphatic hydroxyl groups is 1. The van der Waals surface area contributed by atoms with E-state index in [1.54, 1.807) is 30.3 Å². The van der Waals surface area contributed by atoms with Gasteiger partial charge in [0.1, 0.15) is 5.76 Å². The number of halogens is 1. The molecule has 64 valence electrons. The quantitative estimate of drug-likeness (QED) is 0.693. The predicted octanol–water partition coefficient (Wildman–Crippen LogP) is 3.65. The van der Waals surface area contributed by atoms with Gasteiger partial charge in [-0.2, -0.15) is 0 Å². The van der Waals surface area contributed by atoms with E-state index >= 15 is 0 Å². The fourth-order valence-corrected chi connectivity index (χ4v) is 1.06. The van der Waals surface area contributed by atoms with E-state index in [1.165, 1.54) is 0 Å². The highest BCUT2D eigenvalue weighted by Gasteiger charge is 1.96. The van der Waals surface area contributed by atoms with Crippen molar-refractivity contribution in [1.29, 1.82) is 0 Å². The first-order valence-corrected chi connectivity index (χ1v) is 4.27. The molecule has 1 aromatic carbocycles. The van der Waals surface area contributed by atoms with Crippen molar-refractivity contribution in [2.24, 2.45) is 0 Å². The van der Waals surface area contributed by atoms with E-state index in [0.717, 1.165) is 12.0 Å². The molecule has 0 bridgehead atoms.